The number of hydrogen-bond acceptors (Lipinski definition) is 6. The Morgan fingerprint density at radius 2 is 1.85 bits per heavy atom. The van der Waals surface area contributed by atoms with Crippen molar-refractivity contribution in [2.45, 2.75) is 45.8 Å². The van der Waals surface area contributed by atoms with Crippen LogP contribution in [0, 0.1) is 13.8 Å². The molecule has 6 nitrogen and oxygen atoms in total. The molecule has 0 radical (unpaired) electrons. The number of para-hydroxylation sites is 1. The van der Waals surface area contributed by atoms with Gasteiger partial charge in [0.05, 0.1) is 13.2 Å². The Bertz CT molecular complexity index is 808. The van der Waals surface area contributed by atoms with Gasteiger partial charge < -0.3 is 19.7 Å². The molecule has 144 valence electrons. The Morgan fingerprint density at radius 1 is 1.11 bits per heavy atom. The second kappa shape index (κ2) is 7.44. The molecule has 0 bridgehead atoms. The molecule has 0 saturated carbocycles. The van der Waals surface area contributed by atoms with Gasteiger partial charge >= 0.3 is 0 Å². The van der Waals surface area contributed by atoms with Crippen molar-refractivity contribution in [3.8, 4) is 0 Å². The molecule has 27 heavy (non-hydrogen) atoms. The van der Waals surface area contributed by atoms with Crippen LogP contribution < -0.4 is 10.2 Å². The molecule has 2 aromatic rings. The van der Waals surface area contributed by atoms with Gasteiger partial charge in [-0.05, 0) is 31.4 Å². The number of anilines is 3. The van der Waals surface area contributed by atoms with Crippen molar-refractivity contribution in [1.82, 2.24) is 9.97 Å². The Hall–Kier alpha value is -2.18. The highest BCUT2D eigenvalue weighted by Gasteiger charge is 2.40. The first-order valence-corrected chi connectivity index (χ1v) is 9.83. The number of nitrogens with one attached hydrogen (secondary N) is 1. The number of rotatable bonds is 4. The van der Waals surface area contributed by atoms with Crippen LogP contribution >= 0.6 is 0 Å². The first-order valence-electron chi connectivity index (χ1n) is 9.83. The van der Waals surface area contributed by atoms with E-state index in [1.165, 1.54) is 11.1 Å². The van der Waals surface area contributed by atoms with E-state index in [-0.39, 0.29) is 5.79 Å². The van der Waals surface area contributed by atoms with Gasteiger partial charge in [-0.2, -0.15) is 0 Å². The maximum absolute atomic E-state index is 5.84. The van der Waals surface area contributed by atoms with Crippen molar-refractivity contribution in [2.75, 3.05) is 36.5 Å². The third-order valence-corrected chi connectivity index (χ3v) is 5.48. The van der Waals surface area contributed by atoms with Crippen LogP contribution in [0.25, 0.3) is 0 Å². The third-order valence-electron chi connectivity index (χ3n) is 5.48. The van der Waals surface area contributed by atoms with Crippen molar-refractivity contribution in [1.29, 1.82) is 0 Å². The molecule has 2 saturated heterocycles. The average molecular weight is 368 g/mol. The fraction of sp³-hybridized carbons (Fsp3) is 0.524. The van der Waals surface area contributed by atoms with Gasteiger partial charge in [-0.1, -0.05) is 25.1 Å². The van der Waals surface area contributed by atoms with Gasteiger partial charge in [0.2, 0.25) is 0 Å². The van der Waals surface area contributed by atoms with Gasteiger partial charge in [0.1, 0.15) is 17.5 Å². The summed E-state index contributed by atoms with van der Waals surface area (Å²) in [6.45, 7) is 9.41. The predicted octanol–water partition coefficient (Wildman–Crippen LogP) is 3.74. The van der Waals surface area contributed by atoms with Crippen LogP contribution in [0.5, 0.6) is 0 Å². The van der Waals surface area contributed by atoms with Crippen LogP contribution in [-0.2, 0) is 15.9 Å². The number of hydrogen-bond donors (Lipinski definition) is 1. The Labute approximate surface area is 160 Å². The summed E-state index contributed by atoms with van der Waals surface area (Å²) in [7, 11) is 0. The maximum Gasteiger partial charge on any atom is 0.171 e. The number of benzene rings is 1. The molecule has 6 heteroatoms. The summed E-state index contributed by atoms with van der Waals surface area (Å²) >= 11 is 0. The van der Waals surface area contributed by atoms with Gasteiger partial charge in [-0.15, -0.1) is 0 Å². The van der Waals surface area contributed by atoms with E-state index in [1.807, 2.05) is 13.0 Å². The summed E-state index contributed by atoms with van der Waals surface area (Å²) in [6, 6.07) is 8.44. The minimum absolute atomic E-state index is 0.364. The van der Waals surface area contributed by atoms with E-state index in [0.717, 1.165) is 55.5 Å². The van der Waals surface area contributed by atoms with E-state index in [1.54, 1.807) is 0 Å². The van der Waals surface area contributed by atoms with Gasteiger partial charge in [0, 0.05) is 37.7 Å². The predicted molar refractivity (Wildman–Crippen MR) is 107 cm³/mol. The van der Waals surface area contributed by atoms with Crippen LogP contribution in [0.2, 0.25) is 0 Å². The topological polar surface area (TPSA) is 59.5 Å². The molecule has 3 heterocycles. The second-order valence-corrected chi connectivity index (χ2v) is 7.34. The van der Waals surface area contributed by atoms with Crippen LogP contribution in [0.15, 0.2) is 24.3 Å². The van der Waals surface area contributed by atoms with E-state index in [4.69, 9.17) is 9.47 Å². The maximum atomic E-state index is 5.84. The SMILES string of the molecule is CCc1cccc(C)c1Nc1cc(N2CCC3(CC2)OCCO3)nc(C)n1. The fourth-order valence-electron chi connectivity index (χ4n) is 3.97. The van der Waals surface area contributed by atoms with Crippen molar-refractivity contribution < 1.29 is 9.47 Å². The number of ether oxygens (including phenoxy) is 2. The summed E-state index contributed by atoms with van der Waals surface area (Å²) in [6.07, 6.45) is 2.72. The largest absolute Gasteiger partial charge is 0.356 e. The lowest BCUT2D eigenvalue weighted by atomic mass is 10.0. The summed E-state index contributed by atoms with van der Waals surface area (Å²) in [5.41, 5.74) is 3.67. The monoisotopic (exact) mass is 368 g/mol. The second-order valence-electron chi connectivity index (χ2n) is 7.34. The minimum Gasteiger partial charge on any atom is -0.356 e. The van der Waals surface area contributed by atoms with E-state index >= 15 is 0 Å². The molecule has 1 N–H and O–H groups in total. The standard InChI is InChI=1S/C21H28N4O2/c1-4-17-7-5-6-15(2)20(17)24-18-14-19(23-16(3)22-18)25-10-8-21(9-11-25)26-12-13-27-21/h5-7,14H,4,8-13H2,1-3H3,(H,22,23,24). The Balaban J connectivity index is 1.54. The lowest BCUT2D eigenvalue weighted by Crippen LogP contribution is -2.45. The molecule has 0 unspecified atom stereocenters. The normalized spacial score (nSPS) is 18.9. The van der Waals surface area contributed by atoms with Crippen LogP contribution in [0.1, 0.15) is 36.7 Å². The number of nitrogens with zero attached hydrogens (tertiary/aromatic N) is 3. The lowest BCUT2D eigenvalue weighted by molar-refractivity contribution is -0.169. The zero-order valence-electron chi connectivity index (χ0n) is 16.4. The van der Waals surface area contributed by atoms with Crippen molar-refractivity contribution >= 4 is 17.3 Å². The van der Waals surface area contributed by atoms with E-state index in [0.29, 0.717) is 13.2 Å². The zero-order valence-corrected chi connectivity index (χ0v) is 16.4. The Kier molecular flexibility index (Phi) is 5.02. The summed E-state index contributed by atoms with van der Waals surface area (Å²) in [4.78, 5) is 11.6. The molecule has 4 rings (SSSR count). The minimum atomic E-state index is -0.364. The Morgan fingerprint density at radius 3 is 2.56 bits per heavy atom. The summed E-state index contributed by atoms with van der Waals surface area (Å²) < 4.78 is 11.7. The molecular weight excluding hydrogens is 340 g/mol. The highest BCUT2D eigenvalue weighted by Crippen LogP contribution is 2.33. The smallest absolute Gasteiger partial charge is 0.171 e. The van der Waals surface area contributed by atoms with Crippen LogP contribution in [0.3, 0.4) is 0 Å². The molecule has 2 aliphatic heterocycles. The van der Waals surface area contributed by atoms with Gasteiger partial charge in [0.15, 0.2) is 5.79 Å². The highest BCUT2D eigenvalue weighted by molar-refractivity contribution is 5.66. The quantitative estimate of drug-likeness (QED) is 0.887. The fourth-order valence-corrected chi connectivity index (χ4v) is 3.97. The van der Waals surface area contributed by atoms with Crippen LogP contribution in [0.4, 0.5) is 17.3 Å². The average Bonchev–Trinajstić information content (AvgIpc) is 3.11. The van der Waals surface area contributed by atoms with Crippen molar-refractivity contribution in [3.05, 3.63) is 41.2 Å². The van der Waals surface area contributed by atoms with Gasteiger partial charge in [0.25, 0.3) is 0 Å². The first-order chi connectivity index (χ1) is 13.1. The van der Waals surface area contributed by atoms with Crippen LogP contribution in [-0.4, -0.2) is 42.1 Å². The van der Waals surface area contributed by atoms with Crippen molar-refractivity contribution in [2.24, 2.45) is 0 Å². The molecule has 1 aromatic carbocycles. The molecule has 0 aliphatic carbocycles. The van der Waals surface area contributed by atoms with E-state index in [9.17, 15) is 0 Å². The van der Waals surface area contributed by atoms with Crippen molar-refractivity contribution in [3.63, 3.8) is 0 Å². The van der Waals surface area contributed by atoms with Gasteiger partial charge in [-0.25, -0.2) is 9.97 Å². The van der Waals surface area contributed by atoms with E-state index in [2.05, 4.69) is 52.2 Å². The molecular formula is C21H28N4O2. The highest BCUT2D eigenvalue weighted by atomic mass is 16.7. The van der Waals surface area contributed by atoms with E-state index < -0.39 is 0 Å². The van der Waals surface area contributed by atoms with Gasteiger partial charge in [-0.3, -0.25) is 0 Å². The molecule has 0 atom stereocenters. The molecule has 2 fully saturated rings. The number of aryl methyl sites for hydroxylation is 3. The summed E-state index contributed by atoms with van der Waals surface area (Å²) in [5, 5.41) is 3.53. The first kappa shape index (κ1) is 18.2. The number of piperidine rings is 1. The third kappa shape index (κ3) is 3.77. The molecule has 1 spiro atoms. The lowest BCUT2D eigenvalue weighted by Gasteiger charge is -2.38. The zero-order chi connectivity index (χ0) is 18.9. The molecule has 1 aromatic heterocycles. The summed E-state index contributed by atoms with van der Waals surface area (Å²) in [5.74, 6) is 2.21. The molecule has 0 amide bonds. The molecule has 2 aliphatic rings. The number of aromatic nitrogens is 2.